The van der Waals surface area contributed by atoms with E-state index in [0.717, 1.165) is 12.3 Å². The molecule has 0 amide bonds. The van der Waals surface area contributed by atoms with Gasteiger partial charge >= 0.3 is 0 Å². The number of rotatable bonds is 4. The highest BCUT2D eigenvalue weighted by Gasteiger charge is 2.24. The van der Waals surface area contributed by atoms with Crippen molar-refractivity contribution < 1.29 is 17.2 Å². The monoisotopic (exact) mass is 399 g/mol. The van der Waals surface area contributed by atoms with E-state index in [1.165, 1.54) is 12.1 Å². The SMILES string of the molecule is CS(=O)(=O)c1cccc(-c2cnc3c(c2)C(Cc2c(F)ccc(N)c2F)=N3)c1. The molecule has 0 aliphatic carbocycles. The van der Waals surface area contributed by atoms with Gasteiger partial charge in [-0.25, -0.2) is 27.2 Å². The second-order valence-electron chi connectivity index (χ2n) is 6.56. The van der Waals surface area contributed by atoms with Gasteiger partial charge in [0.05, 0.1) is 16.3 Å². The second kappa shape index (κ2) is 6.49. The van der Waals surface area contributed by atoms with Gasteiger partial charge in [0, 0.05) is 35.6 Å². The van der Waals surface area contributed by atoms with Crippen LogP contribution in [-0.4, -0.2) is 25.4 Å². The highest BCUT2D eigenvalue weighted by atomic mass is 32.2. The van der Waals surface area contributed by atoms with Crippen molar-refractivity contribution in [2.24, 2.45) is 4.99 Å². The Hall–Kier alpha value is -3.13. The molecular weight excluding hydrogens is 384 g/mol. The molecule has 2 heterocycles. The van der Waals surface area contributed by atoms with Crippen LogP contribution in [0, 0.1) is 11.6 Å². The minimum absolute atomic E-state index is 0.0514. The van der Waals surface area contributed by atoms with Crippen LogP contribution in [0.15, 0.2) is 58.5 Å². The summed E-state index contributed by atoms with van der Waals surface area (Å²) < 4.78 is 51.7. The average Bonchev–Trinajstić information content (AvgIpc) is 2.64. The summed E-state index contributed by atoms with van der Waals surface area (Å²) in [6, 6.07) is 10.6. The molecule has 1 aliphatic heterocycles. The largest absolute Gasteiger partial charge is 0.396 e. The standard InChI is InChI=1S/C20H15F2N3O2S/c1-28(26,27)13-4-2-3-11(7-13)12-8-15-18(25-20(15)24-10-12)9-14-16(21)5-6-17(23)19(14)22/h2-8,10H,9,23H2,1H3. The molecule has 2 aromatic carbocycles. The molecule has 2 N–H and O–H groups in total. The predicted octanol–water partition coefficient (Wildman–Crippen LogP) is 3.69. The molecule has 0 fully saturated rings. The molecule has 3 aromatic rings. The fourth-order valence-corrected chi connectivity index (χ4v) is 3.71. The Balaban J connectivity index is 1.68. The van der Waals surface area contributed by atoms with E-state index in [1.807, 2.05) is 0 Å². The van der Waals surface area contributed by atoms with Crippen LogP contribution in [0.5, 0.6) is 0 Å². The van der Waals surface area contributed by atoms with Gasteiger partial charge in [0.1, 0.15) is 5.82 Å². The minimum Gasteiger partial charge on any atom is -0.396 e. The number of anilines is 1. The van der Waals surface area contributed by atoms with Gasteiger partial charge in [0.25, 0.3) is 0 Å². The lowest BCUT2D eigenvalue weighted by Crippen LogP contribution is -2.16. The minimum atomic E-state index is -3.34. The lowest BCUT2D eigenvalue weighted by atomic mass is 9.95. The van der Waals surface area contributed by atoms with Crippen molar-refractivity contribution in [3.8, 4) is 11.1 Å². The molecule has 1 aromatic heterocycles. The first-order valence-electron chi connectivity index (χ1n) is 8.35. The normalized spacial score (nSPS) is 12.9. The zero-order valence-electron chi connectivity index (χ0n) is 14.8. The summed E-state index contributed by atoms with van der Waals surface area (Å²) in [5.41, 5.74) is 7.78. The number of hydrogen-bond donors (Lipinski definition) is 1. The lowest BCUT2D eigenvalue weighted by Gasteiger charge is -2.19. The van der Waals surface area contributed by atoms with Gasteiger partial charge < -0.3 is 5.73 Å². The maximum Gasteiger partial charge on any atom is 0.175 e. The number of fused-ring (bicyclic) bond motifs is 1. The van der Waals surface area contributed by atoms with E-state index in [0.29, 0.717) is 28.2 Å². The smallest absolute Gasteiger partial charge is 0.175 e. The highest BCUT2D eigenvalue weighted by molar-refractivity contribution is 7.90. The summed E-state index contributed by atoms with van der Waals surface area (Å²) in [6.07, 6.45) is 2.67. The number of halogens is 2. The molecule has 5 nitrogen and oxygen atoms in total. The summed E-state index contributed by atoms with van der Waals surface area (Å²) in [7, 11) is -3.34. The summed E-state index contributed by atoms with van der Waals surface area (Å²) in [4.78, 5) is 8.66. The van der Waals surface area contributed by atoms with E-state index < -0.39 is 21.5 Å². The fourth-order valence-electron chi connectivity index (χ4n) is 3.04. The summed E-state index contributed by atoms with van der Waals surface area (Å²) in [6.45, 7) is 0. The summed E-state index contributed by atoms with van der Waals surface area (Å²) in [5.74, 6) is -1.00. The fraction of sp³-hybridized carbons (Fsp3) is 0.100. The van der Waals surface area contributed by atoms with E-state index in [1.54, 1.807) is 30.5 Å². The van der Waals surface area contributed by atoms with Crippen LogP contribution in [0.25, 0.3) is 11.1 Å². The zero-order valence-corrected chi connectivity index (χ0v) is 15.6. The summed E-state index contributed by atoms with van der Waals surface area (Å²) >= 11 is 0. The van der Waals surface area contributed by atoms with Crippen LogP contribution < -0.4 is 5.73 Å². The number of benzene rings is 2. The zero-order chi connectivity index (χ0) is 20.1. The van der Waals surface area contributed by atoms with Gasteiger partial charge in [-0.1, -0.05) is 12.1 Å². The molecule has 28 heavy (non-hydrogen) atoms. The Bertz CT molecular complexity index is 1250. The van der Waals surface area contributed by atoms with Gasteiger partial charge in [-0.05, 0) is 35.9 Å². The highest BCUT2D eigenvalue weighted by Crippen LogP contribution is 2.34. The third-order valence-electron chi connectivity index (χ3n) is 4.57. The van der Waals surface area contributed by atoms with Crippen LogP contribution >= 0.6 is 0 Å². The lowest BCUT2D eigenvalue weighted by molar-refractivity contribution is 0.567. The quantitative estimate of drug-likeness (QED) is 0.678. The molecule has 0 saturated carbocycles. The molecule has 142 valence electrons. The number of nitrogen functional groups attached to an aromatic ring is 1. The first-order valence-corrected chi connectivity index (χ1v) is 10.2. The van der Waals surface area contributed by atoms with Crippen LogP contribution in [-0.2, 0) is 16.3 Å². The Kier molecular flexibility index (Phi) is 4.23. The van der Waals surface area contributed by atoms with Crippen molar-refractivity contribution in [1.82, 2.24) is 4.98 Å². The van der Waals surface area contributed by atoms with E-state index in [9.17, 15) is 17.2 Å². The van der Waals surface area contributed by atoms with E-state index >= 15 is 0 Å². The van der Waals surface area contributed by atoms with Crippen molar-refractivity contribution in [3.63, 3.8) is 0 Å². The average molecular weight is 399 g/mol. The van der Waals surface area contributed by atoms with Gasteiger partial charge in [0.15, 0.2) is 21.5 Å². The number of sulfone groups is 1. The number of pyridine rings is 1. The molecule has 0 unspecified atom stereocenters. The topological polar surface area (TPSA) is 85.4 Å². The third kappa shape index (κ3) is 3.16. The third-order valence-corrected chi connectivity index (χ3v) is 5.68. The molecule has 1 aliphatic rings. The number of aromatic nitrogens is 1. The van der Waals surface area contributed by atoms with Crippen molar-refractivity contribution in [1.29, 1.82) is 0 Å². The van der Waals surface area contributed by atoms with Crippen molar-refractivity contribution in [2.75, 3.05) is 12.0 Å². The second-order valence-corrected chi connectivity index (χ2v) is 8.58. The Morgan fingerprint density at radius 1 is 1.07 bits per heavy atom. The first-order chi connectivity index (χ1) is 13.2. The Morgan fingerprint density at radius 3 is 2.61 bits per heavy atom. The molecular formula is C20H15F2N3O2S. The molecule has 0 bridgehead atoms. The van der Waals surface area contributed by atoms with Gasteiger partial charge in [-0.2, -0.15) is 0 Å². The van der Waals surface area contributed by atoms with Crippen LogP contribution in [0.1, 0.15) is 11.1 Å². The van der Waals surface area contributed by atoms with E-state index in [-0.39, 0.29) is 22.6 Å². The first kappa shape index (κ1) is 18.2. The molecule has 8 heteroatoms. The molecule has 0 spiro atoms. The predicted molar refractivity (Wildman–Crippen MR) is 103 cm³/mol. The van der Waals surface area contributed by atoms with Crippen LogP contribution in [0.2, 0.25) is 0 Å². The molecule has 0 saturated heterocycles. The van der Waals surface area contributed by atoms with Crippen LogP contribution in [0.3, 0.4) is 0 Å². The van der Waals surface area contributed by atoms with Gasteiger partial charge in [-0.3, -0.25) is 0 Å². The van der Waals surface area contributed by atoms with Crippen molar-refractivity contribution in [2.45, 2.75) is 11.3 Å². The van der Waals surface area contributed by atoms with E-state index in [2.05, 4.69) is 9.98 Å². The Morgan fingerprint density at radius 2 is 1.86 bits per heavy atom. The van der Waals surface area contributed by atoms with Gasteiger partial charge in [0.2, 0.25) is 0 Å². The maximum atomic E-state index is 14.2. The number of aliphatic imine (C=N–C) groups is 1. The number of nitrogens with zero attached hydrogens (tertiary/aromatic N) is 2. The number of hydrogen-bond acceptors (Lipinski definition) is 5. The van der Waals surface area contributed by atoms with Gasteiger partial charge in [-0.15, -0.1) is 0 Å². The molecule has 0 radical (unpaired) electrons. The number of nitrogens with two attached hydrogens (primary N) is 1. The van der Waals surface area contributed by atoms with E-state index in [4.69, 9.17) is 5.73 Å². The van der Waals surface area contributed by atoms with Crippen molar-refractivity contribution in [3.05, 3.63) is 71.4 Å². The maximum absolute atomic E-state index is 14.2. The van der Waals surface area contributed by atoms with Crippen LogP contribution in [0.4, 0.5) is 20.3 Å². The molecule has 4 rings (SSSR count). The van der Waals surface area contributed by atoms with Crippen molar-refractivity contribution >= 4 is 27.1 Å². The Labute approximate surface area is 160 Å². The summed E-state index contributed by atoms with van der Waals surface area (Å²) in [5, 5.41) is 0. The molecule has 0 atom stereocenters.